The van der Waals surface area contributed by atoms with Gasteiger partial charge in [0.05, 0.1) is 16.9 Å². The maximum Gasteiger partial charge on any atom is 0.259 e. The standard InChI is InChI=1S/C26H26FN7O/c1-15(2)34-14-28-32-25(34)20-6-4-7-23(29-20)31-26(35)18-12-22-17(11-19(18)27)5-3-8-24-30-21(13-33(22)24)16-9-10-16/h4,6-7,11-16H,3,5,8-10H2,1-2H3,(H,29,31,35). The zero-order valence-electron chi connectivity index (χ0n) is 19.7. The number of aromatic nitrogens is 6. The van der Waals surface area contributed by atoms with Crippen molar-refractivity contribution in [3.63, 3.8) is 0 Å². The van der Waals surface area contributed by atoms with Crippen LogP contribution in [0.2, 0.25) is 0 Å². The number of hydrogen-bond acceptors (Lipinski definition) is 5. The number of benzene rings is 1. The van der Waals surface area contributed by atoms with E-state index < -0.39 is 11.7 Å². The van der Waals surface area contributed by atoms with Crippen LogP contribution in [0.15, 0.2) is 42.9 Å². The van der Waals surface area contributed by atoms with E-state index in [1.165, 1.54) is 18.9 Å². The second-order valence-corrected chi connectivity index (χ2v) is 9.56. The van der Waals surface area contributed by atoms with Crippen molar-refractivity contribution in [3.8, 4) is 17.2 Å². The Morgan fingerprint density at radius 1 is 1.17 bits per heavy atom. The minimum atomic E-state index is -0.548. The monoisotopic (exact) mass is 471 g/mol. The van der Waals surface area contributed by atoms with E-state index in [1.54, 1.807) is 30.6 Å². The summed E-state index contributed by atoms with van der Waals surface area (Å²) in [5.41, 5.74) is 3.38. The Bertz CT molecular complexity index is 1430. The summed E-state index contributed by atoms with van der Waals surface area (Å²) in [7, 11) is 0. The summed E-state index contributed by atoms with van der Waals surface area (Å²) in [5, 5.41) is 10.9. The minimum Gasteiger partial charge on any atom is -0.310 e. The van der Waals surface area contributed by atoms with Gasteiger partial charge in [-0.2, -0.15) is 0 Å². The van der Waals surface area contributed by atoms with E-state index in [1.807, 2.05) is 23.0 Å². The summed E-state index contributed by atoms with van der Waals surface area (Å²) >= 11 is 0. The van der Waals surface area contributed by atoms with Crippen LogP contribution in [0.1, 0.15) is 72.5 Å². The molecule has 6 rings (SSSR count). The number of nitrogens with zero attached hydrogens (tertiary/aromatic N) is 6. The van der Waals surface area contributed by atoms with E-state index in [4.69, 9.17) is 4.98 Å². The number of aryl methyl sites for hydroxylation is 2. The lowest BCUT2D eigenvalue weighted by Crippen LogP contribution is -2.16. The van der Waals surface area contributed by atoms with E-state index in [0.29, 0.717) is 23.3 Å². The minimum absolute atomic E-state index is 0.0178. The highest BCUT2D eigenvalue weighted by Gasteiger charge is 2.29. The summed E-state index contributed by atoms with van der Waals surface area (Å²) < 4.78 is 19.0. The highest BCUT2D eigenvalue weighted by molar-refractivity contribution is 6.04. The summed E-state index contributed by atoms with van der Waals surface area (Å²) in [6.45, 7) is 4.05. The van der Waals surface area contributed by atoms with Crippen molar-refractivity contribution in [2.24, 2.45) is 0 Å². The first-order valence-corrected chi connectivity index (χ1v) is 12.1. The van der Waals surface area contributed by atoms with Crippen molar-refractivity contribution in [1.82, 2.24) is 29.3 Å². The van der Waals surface area contributed by atoms with Crippen LogP contribution < -0.4 is 5.32 Å². The van der Waals surface area contributed by atoms with Crippen molar-refractivity contribution in [3.05, 3.63) is 71.3 Å². The number of halogens is 1. The van der Waals surface area contributed by atoms with Crippen LogP contribution in [0.4, 0.5) is 10.2 Å². The Hall–Kier alpha value is -3.88. The molecule has 8 nitrogen and oxygen atoms in total. The van der Waals surface area contributed by atoms with Crippen LogP contribution in [0.25, 0.3) is 17.2 Å². The predicted octanol–water partition coefficient (Wildman–Crippen LogP) is 4.86. The fourth-order valence-electron chi connectivity index (χ4n) is 4.65. The van der Waals surface area contributed by atoms with Gasteiger partial charge in [0, 0.05) is 24.6 Å². The van der Waals surface area contributed by atoms with Crippen molar-refractivity contribution < 1.29 is 9.18 Å². The van der Waals surface area contributed by atoms with Gasteiger partial charge in [0.1, 0.15) is 29.5 Å². The summed E-state index contributed by atoms with van der Waals surface area (Å²) in [6.07, 6.45) is 8.53. The second-order valence-electron chi connectivity index (χ2n) is 9.56. The van der Waals surface area contributed by atoms with Gasteiger partial charge in [-0.05, 0) is 69.4 Å². The molecule has 0 spiro atoms. The Morgan fingerprint density at radius 2 is 2.03 bits per heavy atom. The van der Waals surface area contributed by atoms with E-state index in [2.05, 4.69) is 26.7 Å². The molecule has 1 aliphatic heterocycles. The molecular weight excluding hydrogens is 445 g/mol. The molecule has 1 N–H and O–H groups in total. The molecule has 4 aromatic rings. The van der Waals surface area contributed by atoms with Crippen molar-refractivity contribution >= 4 is 11.7 Å². The van der Waals surface area contributed by atoms with Gasteiger partial charge in [0.2, 0.25) is 0 Å². The quantitative estimate of drug-likeness (QED) is 0.449. The molecule has 4 heterocycles. The summed E-state index contributed by atoms with van der Waals surface area (Å²) in [6, 6.07) is 8.55. The molecular formula is C26H26FN7O. The molecule has 2 aliphatic rings. The molecule has 0 bridgehead atoms. The molecule has 0 radical (unpaired) electrons. The maximum atomic E-state index is 15.1. The number of rotatable bonds is 5. The number of carbonyl (C=O) groups is 1. The van der Waals surface area contributed by atoms with Crippen LogP contribution in [-0.4, -0.2) is 35.2 Å². The molecule has 3 aromatic heterocycles. The van der Waals surface area contributed by atoms with Gasteiger partial charge in [-0.15, -0.1) is 10.2 Å². The van der Waals surface area contributed by atoms with Crippen LogP contribution in [-0.2, 0) is 12.8 Å². The lowest BCUT2D eigenvalue weighted by atomic mass is 10.0. The topological polar surface area (TPSA) is 90.5 Å². The highest BCUT2D eigenvalue weighted by Crippen LogP contribution is 2.40. The van der Waals surface area contributed by atoms with Gasteiger partial charge < -0.3 is 14.5 Å². The largest absolute Gasteiger partial charge is 0.310 e. The van der Waals surface area contributed by atoms with E-state index in [-0.39, 0.29) is 11.6 Å². The van der Waals surface area contributed by atoms with E-state index >= 15 is 4.39 Å². The molecule has 1 aromatic carbocycles. The van der Waals surface area contributed by atoms with Crippen molar-refractivity contribution in [2.75, 3.05) is 5.32 Å². The smallest absolute Gasteiger partial charge is 0.259 e. The fourth-order valence-corrected chi connectivity index (χ4v) is 4.65. The molecule has 178 valence electrons. The van der Waals surface area contributed by atoms with Gasteiger partial charge in [-0.1, -0.05) is 6.07 Å². The van der Waals surface area contributed by atoms with Gasteiger partial charge in [0.25, 0.3) is 5.91 Å². The molecule has 1 fully saturated rings. The second kappa shape index (κ2) is 8.41. The molecule has 35 heavy (non-hydrogen) atoms. The zero-order chi connectivity index (χ0) is 24.1. The molecule has 0 unspecified atom stereocenters. The van der Waals surface area contributed by atoms with Gasteiger partial charge >= 0.3 is 0 Å². The summed E-state index contributed by atoms with van der Waals surface area (Å²) in [5.74, 6) is 1.34. The Morgan fingerprint density at radius 3 is 2.83 bits per heavy atom. The van der Waals surface area contributed by atoms with Crippen molar-refractivity contribution in [1.29, 1.82) is 0 Å². The molecule has 0 saturated heterocycles. The lowest BCUT2D eigenvalue weighted by Gasteiger charge is -2.13. The van der Waals surface area contributed by atoms with Gasteiger partial charge in [0.15, 0.2) is 5.82 Å². The number of anilines is 1. The van der Waals surface area contributed by atoms with Gasteiger partial charge in [-0.25, -0.2) is 14.4 Å². The first-order valence-electron chi connectivity index (χ1n) is 12.1. The number of pyridine rings is 1. The number of carbonyl (C=O) groups excluding carboxylic acids is 1. The predicted molar refractivity (Wildman–Crippen MR) is 129 cm³/mol. The number of amides is 1. The first kappa shape index (κ1) is 21.6. The average Bonchev–Trinajstić information content (AvgIpc) is 3.45. The van der Waals surface area contributed by atoms with Crippen LogP contribution in [0.3, 0.4) is 0 Å². The van der Waals surface area contributed by atoms with E-state index in [9.17, 15) is 4.79 Å². The third-order valence-electron chi connectivity index (χ3n) is 6.66. The van der Waals surface area contributed by atoms with Crippen LogP contribution in [0.5, 0.6) is 0 Å². The van der Waals surface area contributed by atoms with E-state index in [0.717, 1.165) is 42.0 Å². The van der Waals surface area contributed by atoms with Crippen LogP contribution >= 0.6 is 0 Å². The number of nitrogens with one attached hydrogen (secondary N) is 1. The number of hydrogen-bond donors (Lipinski definition) is 1. The average molecular weight is 472 g/mol. The lowest BCUT2D eigenvalue weighted by molar-refractivity contribution is 0.102. The van der Waals surface area contributed by atoms with Crippen molar-refractivity contribution in [2.45, 2.75) is 57.9 Å². The highest BCUT2D eigenvalue weighted by atomic mass is 19.1. The fraction of sp³-hybridized carbons (Fsp3) is 0.346. The third-order valence-corrected chi connectivity index (χ3v) is 6.66. The number of fused-ring (bicyclic) bond motifs is 3. The SMILES string of the molecule is CC(C)n1cnnc1-c1cccc(NC(=O)c2cc3c(cc2F)CCCc2nc(C4CC4)cn2-3)n1. The number of imidazole rings is 1. The third kappa shape index (κ3) is 4.00. The first-order chi connectivity index (χ1) is 17.0. The zero-order valence-corrected chi connectivity index (χ0v) is 19.7. The molecule has 0 atom stereocenters. The maximum absolute atomic E-state index is 15.1. The molecule has 1 amide bonds. The summed E-state index contributed by atoms with van der Waals surface area (Å²) in [4.78, 5) is 22.5. The normalized spacial score (nSPS) is 15.0. The Kier molecular flexibility index (Phi) is 5.20. The molecule has 1 aliphatic carbocycles. The van der Waals surface area contributed by atoms with Crippen LogP contribution in [0, 0.1) is 5.82 Å². The Labute approximate surface area is 202 Å². The molecule has 1 saturated carbocycles. The van der Waals surface area contributed by atoms with Gasteiger partial charge in [-0.3, -0.25) is 4.79 Å². The Balaban J connectivity index is 1.32. The molecule has 9 heteroatoms.